The number of esters is 1. The van der Waals surface area contributed by atoms with E-state index in [1.165, 1.54) is 19.2 Å². The Labute approximate surface area is 141 Å². The smallest absolute Gasteiger partial charge is 0.434 e. The molecule has 2 heterocycles. The second-order valence-electron chi connectivity index (χ2n) is 5.92. The third-order valence-corrected chi connectivity index (χ3v) is 4.39. The van der Waals surface area contributed by atoms with E-state index in [1.807, 2.05) is 4.90 Å². The van der Waals surface area contributed by atoms with E-state index in [0.717, 1.165) is 6.07 Å². The van der Waals surface area contributed by atoms with Gasteiger partial charge in [-0.2, -0.15) is 0 Å². The molecule has 9 heteroatoms. The van der Waals surface area contributed by atoms with Crippen LogP contribution in [0.5, 0.6) is 0 Å². The highest BCUT2D eigenvalue weighted by Crippen LogP contribution is 2.35. The van der Waals surface area contributed by atoms with Gasteiger partial charge in [-0.25, -0.2) is 18.7 Å². The van der Waals surface area contributed by atoms with Crippen LogP contribution in [0.3, 0.4) is 0 Å². The lowest BCUT2D eigenvalue weighted by Crippen LogP contribution is -2.26. The number of nitrogens with one attached hydrogen (secondary N) is 1. The molecule has 1 fully saturated rings. The zero-order valence-corrected chi connectivity index (χ0v) is 13.5. The molecule has 0 spiro atoms. The van der Waals surface area contributed by atoms with Gasteiger partial charge in [0.05, 0.1) is 13.0 Å². The number of nitrogens with zero attached hydrogens (tertiary/aromatic N) is 2. The Balaban J connectivity index is 1.76. The van der Waals surface area contributed by atoms with Crippen molar-refractivity contribution < 1.29 is 22.7 Å². The first-order valence-electron chi connectivity index (χ1n) is 7.77. The molecule has 0 saturated carbocycles. The lowest BCUT2D eigenvalue weighted by Gasteiger charge is -2.17. The van der Waals surface area contributed by atoms with Crippen LogP contribution < -0.4 is 5.76 Å². The summed E-state index contributed by atoms with van der Waals surface area (Å²) in [7, 11) is 1.28. The summed E-state index contributed by atoms with van der Waals surface area (Å²) in [6.07, 6.45) is 0.366. The van der Waals surface area contributed by atoms with Crippen LogP contribution in [0, 0.1) is 17.6 Å². The Hall–Kier alpha value is -2.55. The number of rotatable bonds is 5. The number of halogens is 2. The molecule has 25 heavy (non-hydrogen) atoms. The SMILES string of the molecule is COC(=O)[C@@H]1CN(CCc2n[nH]c(=O)o2)C[C@H]1c1ccc(F)cc1F. The van der Waals surface area contributed by atoms with Crippen molar-refractivity contribution >= 4 is 5.97 Å². The zero-order chi connectivity index (χ0) is 18.0. The first-order valence-corrected chi connectivity index (χ1v) is 7.77. The molecule has 1 N–H and O–H groups in total. The number of carbonyl (C=O) groups excluding carboxylic acids is 1. The minimum Gasteiger partial charge on any atom is -0.469 e. The maximum Gasteiger partial charge on any atom is 0.434 e. The lowest BCUT2D eigenvalue weighted by molar-refractivity contribution is -0.145. The average molecular weight is 353 g/mol. The summed E-state index contributed by atoms with van der Waals surface area (Å²) in [6.45, 7) is 1.24. The predicted molar refractivity (Wildman–Crippen MR) is 81.9 cm³/mol. The molecule has 1 aromatic heterocycles. The highest BCUT2D eigenvalue weighted by atomic mass is 19.1. The van der Waals surface area contributed by atoms with Gasteiger partial charge >= 0.3 is 11.7 Å². The standard InChI is InChI=1S/C16H17F2N3O4/c1-24-15(22)12-8-21(5-4-14-19-20-16(23)25-14)7-11(12)10-3-2-9(17)6-13(10)18/h2-3,6,11-12H,4-5,7-8H2,1H3,(H,20,23)/t11-,12+/m0/s1. The number of benzene rings is 1. The third kappa shape index (κ3) is 3.76. The highest BCUT2D eigenvalue weighted by molar-refractivity contribution is 5.74. The highest BCUT2D eigenvalue weighted by Gasteiger charge is 2.40. The number of ether oxygens (including phenoxy) is 1. The van der Waals surface area contributed by atoms with Gasteiger partial charge < -0.3 is 14.1 Å². The van der Waals surface area contributed by atoms with Gasteiger partial charge in [-0.1, -0.05) is 6.07 Å². The molecule has 0 aliphatic carbocycles. The number of aromatic amines is 1. The van der Waals surface area contributed by atoms with Gasteiger partial charge in [0.2, 0.25) is 5.89 Å². The fourth-order valence-electron chi connectivity index (χ4n) is 3.20. The topological polar surface area (TPSA) is 88.4 Å². The number of aromatic nitrogens is 2. The van der Waals surface area contributed by atoms with E-state index in [-0.39, 0.29) is 11.5 Å². The zero-order valence-electron chi connectivity index (χ0n) is 13.5. The van der Waals surface area contributed by atoms with E-state index < -0.39 is 35.2 Å². The molecule has 1 aromatic carbocycles. The van der Waals surface area contributed by atoms with Gasteiger partial charge in [0.15, 0.2) is 0 Å². The molecular formula is C16H17F2N3O4. The Morgan fingerprint density at radius 2 is 2.24 bits per heavy atom. The first-order chi connectivity index (χ1) is 12.0. The van der Waals surface area contributed by atoms with Gasteiger partial charge in [-0.05, 0) is 11.6 Å². The summed E-state index contributed by atoms with van der Waals surface area (Å²) in [6, 6.07) is 3.35. The Bertz CT molecular complexity index is 820. The van der Waals surface area contributed by atoms with Gasteiger partial charge in [0.25, 0.3) is 0 Å². The van der Waals surface area contributed by atoms with E-state index in [4.69, 9.17) is 9.15 Å². The maximum atomic E-state index is 14.1. The van der Waals surface area contributed by atoms with Crippen LogP contribution in [0.25, 0.3) is 0 Å². The molecular weight excluding hydrogens is 336 g/mol. The van der Waals surface area contributed by atoms with Crippen LogP contribution in [-0.2, 0) is 16.0 Å². The summed E-state index contributed by atoms with van der Waals surface area (Å²) < 4.78 is 37.0. The summed E-state index contributed by atoms with van der Waals surface area (Å²) in [4.78, 5) is 24.9. The molecule has 0 unspecified atom stereocenters. The van der Waals surface area contributed by atoms with Crippen molar-refractivity contribution in [3.63, 3.8) is 0 Å². The molecule has 134 valence electrons. The number of carbonyl (C=O) groups is 1. The van der Waals surface area contributed by atoms with E-state index in [1.54, 1.807) is 0 Å². The summed E-state index contributed by atoms with van der Waals surface area (Å²) in [5.41, 5.74) is 0.283. The molecule has 2 atom stereocenters. The summed E-state index contributed by atoms with van der Waals surface area (Å²) in [5.74, 6) is -3.16. The molecule has 0 amide bonds. The van der Waals surface area contributed by atoms with Crippen LogP contribution in [0.4, 0.5) is 8.78 Å². The summed E-state index contributed by atoms with van der Waals surface area (Å²) in [5, 5.41) is 5.90. The normalized spacial score (nSPS) is 20.8. The predicted octanol–water partition coefficient (Wildman–Crippen LogP) is 1.07. The van der Waals surface area contributed by atoms with E-state index in [0.29, 0.717) is 26.1 Å². The van der Waals surface area contributed by atoms with Crippen LogP contribution >= 0.6 is 0 Å². The van der Waals surface area contributed by atoms with Gasteiger partial charge in [0, 0.05) is 38.0 Å². The molecule has 3 rings (SSSR count). The second-order valence-corrected chi connectivity index (χ2v) is 5.92. The maximum absolute atomic E-state index is 14.1. The number of hydrogen-bond acceptors (Lipinski definition) is 6. The number of H-pyrrole nitrogens is 1. The van der Waals surface area contributed by atoms with Crippen molar-refractivity contribution in [2.45, 2.75) is 12.3 Å². The van der Waals surface area contributed by atoms with Gasteiger partial charge in [0.1, 0.15) is 11.6 Å². The molecule has 1 aliphatic heterocycles. The minimum absolute atomic E-state index is 0.260. The number of methoxy groups -OCH3 is 1. The van der Waals surface area contributed by atoms with Crippen molar-refractivity contribution in [2.75, 3.05) is 26.7 Å². The second kappa shape index (κ2) is 7.14. The van der Waals surface area contributed by atoms with E-state index in [2.05, 4.69) is 10.2 Å². The quantitative estimate of drug-likeness (QED) is 0.809. The van der Waals surface area contributed by atoms with Crippen molar-refractivity contribution in [1.82, 2.24) is 15.1 Å². The van der Waals surface area contributed by atoms with Gasteiger partial charge in [-0.15, -0.1) is 5.10 Å². The van der Waals surface area contributed by atoms with Crippen LogP contribution in [-0.4, -0.2) is 47.8 Å². The minimum atomic E-state index is -0.681. The largest absolute Gasteiger partial charge is 0.469 e. The lowest BCUT2D eigenvalue weighted by atomic mass is 9.88. The third-order valence-electron chi connectivity index (χ3n) is 4.39. The molecule has 7 nitrogen and oxygen atoms in total. The van der Waals surface area contributed by atoms with E-state index in [9.17, 15) is 18.4 Å². The molecule has 0 radical (unpaired) electrons. The summed E-state index contributed by atoms with van der Waals surface area (Å²) >= 11 is 0. The van der Waals surface area contributed by atoms with Crippen LogP contribution in [0.1, 0.15) is 17.4 Å². The molecule has 1 aliphatic rings. The Morgan fingerprint density at radius 3 is 2.88 bits per heavy atom. The van der Waals surface area contributed by atoms with Crippen LogP contribution in [0.2, 0.25) is 0 Å². The van der Waals surface area contributed by atoms with Crippen LogP contribution in [0.15, 0.2) is 27.4 Å². The first kappa shape index (κ1) is 17.3. The molecule has 0 bridgehead atoms. The molecule has 1 saturated heterocycles. The van der Waals surface area contributed by atoms with Crippen molar-refractivity contribution in [1.29, 1.82) is 0 Å². The fourth-order valence-corrected chi connectivity index (χ4v) is 3.20. The Kier molecular flexibility index (Phi) is 4.93. The Morgan fingerprint density at radius 1 is 1.44 bits per heavy atom. The van der Waals surface area contributed by atoms with Crippen molar-refractivity contribution in [3.05, 3.63) is 51.8 Å². The van der Waals surface area contributed by atoms with E-state index >= 15 is 0 Å². The fraction of sp³-hybridized carbons (Fsp3) is 0.438. The van der Waals surface area contributed by atoms with Crippen molar-refractivity contribution in [2.24, 2.45) is 5.92 Å². The van der Waals surface area contributed by atoms with Gasteiger partial charge in [-0.3, -0.25) is 4.79 Å². The average Bonchev–Trinajstić information content (AvgIpc) is 3.18. The number of hydrogen-bond donors (Lipinski definition) is 1. The molecule has 2 aromatic rings. The monoisotopic (exact) mass is 353 g/mol. The number of likely N-dealkylation sites (tertiary alicyclic amines) is 1. The van der Waals surface area contributed by atoms with Crippen molar-refractivity contribution in [3.8, 4) is 0 Å².